The number of rotatable bonds is 7. The number of unbranched alkanes of at least 4 members (excludes halogenated alkanes) is 1. The van der Waals surface area contributed by atoms with Gasteiger partial charge in [-0.15, -0.1) is 0 Å². The van der Waals surface area contributed by atoms with Crippen LogP contribution in [0.4, 0.5) is 0 Å². The van der Waals surface area contributed by atoms with Crippen LogP contribution in [0, 0.1) is 0 Å². The molecule has 0 fully saturated rings. The van der Waals surface area contributed by atoms with Crippen molar-refractivity contribution in [2.24, 2.45) is 0 Å². The molecule has 3 nitrogen and oxygen atoms in total. The molecule has 1 unspecified atom stereocenters. The number of benzene rings is 1. The van der Waals surface area contributed by atoms with Crippen molar-refractivity contribution in [1.29, 1.82) is 0 Å². The molecule has 0 aliphatic rings. The predicted molar refractivity (Wildman–Crippen MR) is 74.1 cm³/mol. The highest BCUT2D eigenvalue weighted by molar-refractivity contribution is 7.86. The highest BCUT2D eigenvalue weighted by Crippen LogP contribution is 2.39. The first kappa shape index (κ1) is 15.2. The lowest BCUT2D eigenvalue weighted by atomic mass is 9.88. The zero-order valence-electron chi connectivity index (χ0n) is 11.1. The summed E-state index contributed by atoms with van der Waals surface area (Å²) in [4.78, 5) is 0. The molecule has 0 spiro atoms. The Hall–Kier alpha value is -0.870. The van der Waals surface area contributed by atoms with E-state index >= 15 is 0 Å². The molecule has 0 heterocycles. The van der Waals surface area contributed by atoms with Gasteiger partial charge < -0.3 is 0 Å². The maximum Gasteiger partial charge on any atom is 0.274 e. The quantitative estimate of drug-likeness (QED) is 0.767. The first-order chi connectivity index (χ1) is 8.48. The van der Waals surface area contributed by atoms with Gasteiger partial charge in [0, 0.05) is 0 Å². The van der Waals surface area contributed by atoms with Crippen LogP contribution in [-0.4, -0.2) is 13.0 Å². The maximum atomic E-state index is 11.9. The van der Waals surface area contributed by atoms with E-state index in [0.29, 0.717) is 18.4 Å². The van der Waals surface area contributed by atoms with Gasteiger partial charge in [0.2, 0.25) is 0 Å². The average Bonchev–Trinajstić information content (AvgIpc) is 2.34. The molecule has 0 saturated carbocycles. The van der Waals surface area contributed by atoms with Crippen LogP contribution in [0.1, 0.15) is 51.5 Å². The Kier molecular flexibility index (Phi) is 5.35. The molecule has 1 aromatic carbocycles. The van der Waals surface area contributed by atoms with Gasteiger partial charge in [-0.2, -0.15) is 8.42 Å². The minimum absolute atomic E-state index is 0.454. The van der Waals surface area contributed by atoms with Gasteiger partial charge in [-0.3, -0.25) is 4.55 Å². The van der Waals surface area contributed by atoms with Crippen molar-refractivity contribution < 1.29 is 13.0 Å². The molecule has 18 heavy (non-hydrogen) atoms. The third kappa shape index (κ3) is 3.12. The third-order valence-electron chi connectivity index (χ3n) is 3.38. The van der Waals surface area contributed by atoms with Crippen molar-refractivity contribution in [3.63, 3.8) is 0 Å². The van der Waals surface area contributed by atoms with Gasteiger partial charge in [0.25, 0.3) is 10.1 Å². The molecule has 1 aromatic rings. The Morgan fingerprint density at radius 1 is 1.06 bits per heavy atom. The monoisotopic (exact) mass is 270 g/mol. The fourth-order valence-corrected chi connectivity index (χ4v) is 3.73. The fraction of sp³-hybridized carbons (Fsp3) is 0.571. The Labute approximate surface area is 110 Å². The third-order valence-corrected chi connectivity index (χ3v) is 5.01. The standard InChI is InChI=1S/C14H22O3S/c1-3-5-12-14(11-4-2,18(15,16)17)13-9-7-6-8-10-13/h6-10H,3-5,11-12H2,1-2H3,(H,15,16,17). The van der Waals surface area contributed by atoms with E-state index < -0.39 is 14.9 Å². The molecule has 4 heteroatoms. The van der Waals surface area contributed by atoms with Crippen LogP contribution in [0.5, 0.6) is 0 Å². The van der Waals surface area contributed by atoms with Crippen LogP contribution < -0.4 is 0 Å². The summed E-state index contributed by atoms with van der Waals surface area (Å²) in [5.41, 5.74) is 0.697. The summed E-state index contributed by atoms with van der Waals surface area (Å²) in [6.07, 6.45) is 3.34. The summed E-state index contributed by atoms with van der Waals surface area (Å²) >= 11 is 0. The molecule has 1 rings (SSSR count). The second kappa shape index (κ2) is 6.34. The lowest BCUT2D eigenvalue weighted by molar-refractivity contribution is 0.386. The SMILES string of the molecule is CCCCC(CCC)(c1ccccc1)S(=O)(=O)O. The van der Waals surface area contributed by atoms with Crippen LogP contribution in [0.3, 0.4) is 0 Å². The van der Waals surface area contributed by atoms with Gasteiger partial charge in [0.05, 0.1) is 0 Å². The van der Waals surface area contributed by atoms with Gasteiger partial charge in [-0.25, -0.2) is 0 Å². The highest BCUT2D eigenvalue weighted by atomic mass is 32.2. The second-order valence-corrected chi connectivity index (χ2v) is 6.42. The van der Waals surface area contributed by atoms with Gasteiger partial charge in [0.1, 0.15) is 4.75 Å². The summed E-state index contributed by atoms with van der Waals surface area (Å²) in [6, 6.07) is 9.07. The topological polar surface area (TPSA) is 54.4 Å². The molecule has 0 aliphatic heterocycles. The maximum absolute atomic E-state index is 11.9. The Balaban J connectivity index is 3.29. The van der Waals surface area contributed by atoms with Gasteiger partial charge in [0.15, 0.2) is 0 Å². The van der Waals surface area contributed by atoms with Crippen LogP contribution >= 0.6 is 0 Å². The molecule has 0 aromatic heterocycles. The minimum atomic E-state index is -4.11. The van der Waals surface area contributed by atoms with Crippen LogP contribution in [0.25, 0.3) is 0 Å². The minimum Gasteiger partial charge on any atom is -0.285 e. The lowest BCUT2D eigenvalue weighted by Crippen LogP contribution is -2.35. The molecule has 1 atom stereocenters. The summed E-state index contributed by atoms with van der Waals surface area (Å²) in [6.45, 7) is 3.96. The molecule has 1 N–H and O–H groups in total. The summed E-state index contributed by atoms with van der Waals surface area (Å²) in [5.74, 6) is 0. The van der Waals surface area contributed by atoms with Crippen molar-refractivity contribution in [3.8, 4) is 0 Å². The predicted octanol–water partition coefficient (Wildman–Crippen LogP) is 3.76. The molecule has 0 aliphatic carbocycles. The van der Waals surface area contributed by atoms with Crippen molar-refractivity contribution in [2.45, 2.75) is 50.7 Å². The Morgan fingerprint density at radius 3 is 2.11 bits per heavy atom. The number of hydrogen-bond donors (Lipinski definition) is 1. The normalized spacial score (nSPS) is 15.3. The molecule has 102 valence electrons. The van der Waals surface area contributed by atoms with Crippen molar-refractivity contribution in [3.05, 3.63) is 35.9 Å². The molecule has 0 radical (unpaired) electrons. The van der Waals surface area contributed by atoms with Crippen molar-refractivity contribution in [2.75, 3.05) is 0 Å². The van der Waals surface area contributed by atoms with E-state index in [2.05, 4.69) is 0 Å². The average molecular weight is 270 g/mol. The van der Waals surface area contributed by atoms with Gasteiger partial charge >= 0.3 is 0 Å². The van der Waals surface area contributed by atoms with E-state index in [1.54, 1.807) is 12.1 Å². The molecular formula is C14H22O3S. The smallest absolute Gasteiger partial charge is 0.274 e. The van der Waals surface area contributed by atoms with E-state index in [4.69, 9.17) is 0 Å². The fourth-order valence-electron chi connectivity index (χ4n) is 2.43. The van der Waals surface area contributed by atoms with E-state index in [1.165, 1.54) is 0 Å². The van der Waals surface area contributed by atoms with Gasteiger partial charge in [-0.1, -0.05) is 63.4 Å². The Morgan fingerprint density at radius 2 is 1.67 bits per heavy atom. The molecule has 0 saturated heterocycles. The van der Waals surface area contributed by atoms with E-state index in [-0.39, 0.29) is 0 Å². The molecule has 0 bridgehead atoms. The van der Waals surface area contributed by atoms with Crippen LogP contribution in [0.2, 0.25) is 0 Å². The van der Waals surface area contributed by atoms with Gasteiger partial charge in [-0.05, 0) is 18.4 Å². The van der Waals surface area contributed by atoms with Crippen LogP contribution in [0.15, 0.2) is 30.3 Å². The zero-order valence-corrected chi connectivity index (χ0v) is 11.9. The summed E-state index contributed by atoms with van der Waals surface area (Å²) in [7, 11) is -4.11. The van der Waals surface area contributed by atoms with Crippen LogP contribution in [-0.2, 0) is 14.9 Å². The van der Waals surface area contributed by atoms with E-state index in [9.17, 15) is 13.0 Å². The summed E-state index contributed by atoms with van der Waals surface area (Å²) < 4.78 is 32.4. The lowest BCUT2D eigenvalue weighted by Gasteiger charge is -2.31. The Bertz CT molecular complexity index is 453. The largest absolute Gasteiger partial charge is 0.285 e. The first-order valence-electron chi connectivity index (χ1n) is 6.50. The molecular weight excluding hydrogens is 248 g/mol. The summed E-state index contributed by atoms with van der Waals surface area (Å²) in [5, 5.41) is 0. The number of hydrogen-bond acceptors (Lipinski definition) is 2. The van der Waals surface area contributed by atoms with E-state index in [1.807, 2.05) is 32.0 Å². The first-order valence-corrected chi connectivity index (χ1v) is 7.94. The second-order valence-electron chi connectivity index (χ2n) is 4.69. The highest BCUT2D eigenvalue weighted by Gasteiger charge is 2.42. The van der Waals surface area contributed by atoms with E-state index in [0.717, 1.165) is 19.3 Å². The van der Waals surface area contributed by atoms with Crippen molar-refractivity contribution >= 4 is 10.1 Å². The van der Waals surface area contributed by atoms with Crippen molar-refractivity contribution in [1.82, 2.24) is 0 Å². The molecule has 0 amide bonds. The zero-order chi connectivity index (χ0) is 13.6.